The molecule has 1 saturated heterocycles. The van der Waals surface area contributed by atoms with Gasteiger partial charge in [-0.15, -0.1) is 0 Å². The summed E-state index contributed by atoms with van der Waals surface area (Å²) in [5, 5.41) is 36.3. The van der Waals surface area contributed by atoms with E-state index in [2.05, 4.69) is 43.5 Å². The van der Waals surface area contributed by atoms with Crippen LogP contribution in [0.25, 0.3) is 11.2 Å². The van der Waals surface area contributed by atoms with Gasteiger partial charge in [0.25, 0.3) is 15.6 Å². The van der Waals surface area contributed by atoms with E-state index in [9.17, 15) is 67.8 Å². The summed E-state index contributed by atoms with van der Waals surface area (Å²) in [5.74, 6) is -2.60. The van der Waals surface area contributed by atoms with Crippen molar-refractivity contribution < 1.29 is 90.4 Å². The maximum atomic E-state index is 12.5. The van der Waals surface area contributed by atoms with Crippen molar-refractivity contribution in [2.45, 2.75) is 76.6 Å². The minimum absolute atomic E-state index is 0.0312. The lowest BCUT2D eigenvalue weighted by molar-refractivity contribution is -0.347. The second-order valence-electron chi connectivity index (χ2n) is 12.8. The maximum Gasteiger partial charge on any atom is 0.274 e. The van der Waals surface area contributed by atoms with E-state index >= 15 is 0 Å². The Kier molecular flexibility index (Phi) is 17.7. The van der Waals surface area contributed by atoms with Gasteiger partial charge in [-0.1, -0.05) is 25.6 Å². The Labute approximate surface area is 327 Å². The molecule has 1 aliphatic rings. The first kappa shape index (κ1) is 48.4. The number of anilines is 1. The lowest BCUT2D eigenvalue weighted by Gasteiger charge is -2.36. The number of aliphatic carboxylic acids is 1. The maximum absolute atomic E-state index is 12.5. The molecule has 30 heteroatoms. The number of carboxylic acids is 1. The largest absolute Gasteiger partial charge is 0.790 e. The Bertz CT molecular complexity index is 1880. The van der Waals surface area contributed by atoms with Gasteiger partial charge in [-0.3, -0.25) is 28.1 Å². The van der Waals surface area contributed by atoms with Gasteiger partial charge in [-0.25, -0.2) is 19.3 Å². The molecule has 2 aromatic heterocycles. The normalized spacial score (nSPS) is 21.4. The smallest absolute Gasteiger partial charge is 0.274 e. The zero-order valence-corrected chi connectivity index (χ0v) is 33.6. The molecule has 26 nitrogen and oxygen atoms in total. The van der Waals surface area contributed by atoms with Crippen LogP contribution in [0.1, 0.15) is 52.2 Å². The number of nitrogens with zero attached hydrogens (tertiary/aromatic N) is 4. The molecule has 6 N–H and O–H groups in total. The first-order valence-corrected chi connectivity index (χ1v) is 22.0. The van der Waals surface area contributed by atoms with Gasteiger partial charge in [0.05, 0.1) is 27.4 Å². The van der Waals surface area contributed by atoms with E-state index in [0.717, 1.165) is 29.0 Å². The Morgan fingerprint density at radius 3 is 2.35 bits per heavy atom. The number of rotatable bonds is 24. The predicted molar refractivity (Wildman–Crippen MR) is 182 cm³/mol. The molecule has 0 saturated carbocycles. The van der Waals surface area contributed by atoms with Crippen LogP contribution in [0.4, 0.5) is 5.82 Å². The van der Waals surface area contributed by atoms with Gasteiger partial charge in [0, 0.05) is 43.1 Å². The number of nitrogens with two attached hydrogens (primary N) is 1. The Hall–Kier alpha value is -2.97. The van der Waals surface area contributed by atoms with Crippen molar-refractivity contribution >= 4 is 75.1 Å². The van der Waals surface area contributed by atoms with Crippen LogP contribution in [-0.2, 0) is 55.5 Å². The topological polar surface area (TPSA) is 415 Å². The summed E-state index contributed by atoms with van der Waals surface area (Å²) < 4.78 is 60.4. The summed E-state index contributed by atoms with van der Waals surface area (Å²) in [5.41, 5.74) is 4.01. The molecule has 0 bridgehead atoms. The van der Waals surface area contributed by atoms with Gasteiger partial charge in [0.2, 0.25) is 11.8 Å². The second-order valence-corrected chi connectivity index (χ2v) is 18.0. The van der Waals surface area contributed by atoms with Crippen molar-refractivity contribution in [1.29, 1.82) is 0 Å². The summed E-state index contributed by atoms with van der Waals surface area (Å²) in [7, 11) is -17.6. The Morgan fingerprint density at radius 1 is 1.02 bits per heavy atom. The van der Waals surface area contributed by atoms with Crippen LogP contribution in [0.3, 0.4) is 0 Å². The third-order valence-electron chi connectivity index (χ3n) is 7.75. The van der Waals surface area contributed by atoms with Gasteiger partial charge < -0.3 is 78.9 Å². The van der Waals surface area contributed by atoms with Crippen LogP contribution < -0.4 is 41.0 Å². The number of aromatic nitrogens is 4. The molecule has 3 rings (SSSR count). The number of hydrogen-bond donors (Lipinski definition) is 5. The number of aliphatic hydroxyl groups excluding tert-OH is 2. The number of unbranched alkanes of at least 4 members (excludes halogenated alkanes) is 1. The number of ether oxygens (including phenoxy) is 1. The molecule has 2 unspecified atom stereocenters. The highest BCUT2D eigenvalue weighted by atomic mass is 32.2. The molecule has 1 aliphatic heterocycles. The van der Waals surface area contributed by atoms with E-state index in [-0.39, 0.29) is 60.2 Å². The zero-order valence-electron chi connectivity index (χ0n) is 30.1. The quantitative estimate of drug-likeness (QED) is 0.0489. The van der Waals surface area contributed by atoms with Gasteiger partial charge in [0.1, 0.15) is 36.3 Å². The number of carboxylic acid groups (broad SMARTS) is 1. The van der Waals surface area contributed by atoms with Crippen LogP contribution in [-0.4, -0.2) is 109 Å². The molecule has 0 spiro atoms. The van der Waals surface area contributed by atoms with E-state index in [1.54, 1.807) is 0 Å². The number of nitrogen functional groups attached to an aromatic ring is 1. The summed E-state index contributed by atoms with van der Waals surface area (Å²) in [4.78, 5) is 106. The van der Waals surface area contributed by atoms with E-state index < -0.39 is 90.5 Å². The van der Waals surface area contributed by atoms with E-state index in [1.807, 2.05) is 0 Å². The van der Waals surface area contributed by atoms with Gasteiger partial charge in [-0.05, 0) is 19.3 Å². The number of carbonyl (C=O) groups is 4. The summed E-state index contributed by atoms with van der Waals surface area (Å²) in [6.07, 6.45) is -7.02. The Morgan fingerprint density at radius 2 is 1.68 bits per heavy atom. The fourth-order valence-corrected chi connectivity index (χ4v) is 8.34. The molecule has 7 atom stereocenters. The molecule has 1 fully saturated rings. The molecule has 2 aromatic rings. The van der Waals surface area contributed by atoms with Gasteiger partial charge >= 0.3 is 0 Å². The summed E-state index contributed by atoms with van der Waals surface area (Å²) in [6, 6.07) is 0. The number of aliphatic hydroxyl groups is 2. The average molecular weight is 891 g/mol. The standard InChI is InChI=1S/C27H44N7O19P3S/c1-27(2,22(40)25(41)30-8-7-16(35)29-9-10-57-18(38)6-4-3-5-17(36)37)12-50-56(47,48)53-55(45,46)49-11-15-21(52-54(42,43)44)20(39)26(51-15)34-14-33-19-23(28)31-13-32-24(19)34/h13-15,20-22,26,39-40H,3-12H2,1-2H3,(H,29,35)(H,30,41)(H,36,37)(H,45,46)(H,47,48)(H2,28,31,32)(H2,42,43,44)/p-5/t15-,20-,21-,22+,26-/m1/s1. The SMILES string of the molecule is CC(C)(COP(=O)([O-])OP(=O)([O-])OC[C@H]1O[C@@H](n2cnc3c(N)ncnc32)[C@H](O)[C@@H]1OP(=O)([O-])[O-])[C@@H](O)C(=O)NCCC(=O)NCCSC(=O)CCCCC(=O)[O-]. The first-order valence-electron chi connectivity index (χ1n) is 16.6. The molecule has 57 heavy (non-hydrogen) atoms. The molecule has 2 amide bonds. The number of fused-ring (bicyclic) bond motifs is 1. The second kappa shape index (κ2) is 20.8. The van der Waals surface area contributed by atoms with Crippen molar-refractivity contribution in [2.24, 2.45) is 5.41 Å². The lowest BCUT2D eigenvalue weighted by atomic mass is 9.87. The molecule has 322 valence electrons. The van der Waals surface area contributed by atoms with Crippen molar-refractivity contribution in [1.82, 2.24) is 30.2 Å². The molecule has 0 aromatic carbocycles. The molecule has 0 radical (unpaired) electrons. The summed E-state index contributed by atoms with van der Waals surface area (Å²) >= 11 is 0.954. The van der Waals surface area contributed by atoms with Crippen LogP contribution >= 0.6 is 35.2 Å². The molecular formula is C27H39N7O19P3S-5. The van der Waals surface area contributed by atoms with Crippen molar-refractivity contribution in [3.8, 4) is 0 Å². The van der Waals surface area contributed by atoms with Crippen molar-refractivity contribution in [3.63, 3.8) is 0 Å². The highest BCUT2D eigenvalue weighted by Crippen LogP contribution is 2.56. The number of phosphoric ester groups is 3. The number of carbonyl (C=O) groups excluding carboxylic acids is 4. The molecule has 0 aliphatic carbocycles. The van der Waals surface area contributed by atoms with Crippen LogP contribution in [0, 0.1) is 5.41 Å². The van der Waals surface area contributed by atoms with Crippen LogP contribution in [0.5, 0.6) is 0 Å². The Balaban J connectivity index is 1.46. The van der Waals surface area contributed by atoms with Crippen molar-refractivity contribution in [3.05, 3.63) is 12.7 Å². The first-order chi connectivity index (χ1) is 26.4. The highest BCUT2D eigenvalue weighted by Gasteiger charge is 2.47. The average Bonchev–Trinajstić information content (AvgIpc) is 3.66. The van der Waals surface area contributed by atoms with Crippen molar-refractivity contribution in [2.75, 3.05) is 37.8 Å². The number of imidazole rings is 1. The van der Waals surface area contributed by atoms with Crippen LogP contribution in [0.15, 0.2) is 12.7 Å². The number of amides is 2. The van der Waals surface area contributed by atoms with E-state index in [1.165, 1.54) is 13.8 Å². The number of thioether (sulfide) groups is 1. The third kappa shape index (κ3) is 15.6. The summed E-state index contributed by atoms with van der Waals surface area (Å²) in [6.45, 7) is -0.106. The van der Waals surface area contributed by atoms with Crippen LogP contribution in [0.2, 0.25) is 0 Å². The fraction of sp³-hybridized carbons (Fsp3) is 0.667. The monoisotopic (exact) mass is 890 g/mol. The third-order valence-corrected chi connectivity index (χ3v) is 11.7. The highest BCUT2D eigenvalue weighted by molar-refractivity contribution is 8.13. The minimum Gasteiger partial charge on any atom is -0.790 e. The predicted octanol–water partition coefficient (Wildman–Crippen LogP) is -4.55. The number of hydrogen-bond acceptors (Lipinski definition) is 24. The van der Waals surface area contributed by atoms with Gasteiger partial charge in [-0.2, -0.15) is 0 Å². The zero-order chi connectivity index (χ0) is 42.8. The number of nitrogens with one attached hydrogen (secondary N) is 2. The minimum atomic E-state index is -5.93. The molecular weight excluding hydrogens is 851 g/mol. The van der Waals surface area contributed by atoms with E-state index in [0.29, 0.717) is 12.8 Å². The van der Waals surface area contributed by atoms with E-state index in [4.69, 9.17) is 10.5 Å². The lowest BCUT2D eigenvalue weighted by Crippen LogP contribution is -2.46. The molecule has 3 heterocycles. The number of phosphoric acid groups is 3. The fourth-order valence-electron chi connectivity index (χ4n) is 4.88. The van der Waals surface area contributed by atoms with Gasteiger partial charge in [0.15, 0.2) is 22.8 Å².